The van der Waals surface area contributed by atoms with E-state index in [1.807, 2.05) is 20.8 Å². The van der Waals surface area contributed by atoms with Gasteiger partial charge in [-0.3, -0.25) is 4.79 Å². The Morgan fingerprint density at radius 3 is 2.73 bits per heavy atom. The van der Waals surface area contributed by atoms with Gasteiger partial charge < -0.3 is 19.3 Å². The summed E-state index contributed by atoms with van der Waals surface area (Å²) in [5.74, 6) is -0.164. The number of aryl methyl sites for hydroxylation is 1. The van der Waals surface area contributed by atoms with Crippen molar-refractivity contribution >= 4 is 11.9 Å². The van der Waals surface area contributed by atoms with E-state index >= 15 is 0 Å². The lowest BCUT2D eigenvalue weighted by atomic mass is 9.96. The third-order valence-corrected chi connectivity index (χ3v) is 3.39. The fourth-order valence-corrected chi connectivity index (χ4v) is 2.06. The molecule has 0 aliphatic carbocycles. The lowest BCUT2D eigenvalue weighted by Gasteiger charge is -2.30. The van der Waals surface area contributed by atoms with Crippen LogP contribution in [0.1, 0.15) is 38.9 Å². The first-order chi connectivity index (χ1) is 10.3. The fourth-order valence-electron chi connectivity index (χ4n) is 2.06. The number of nitrogens with zero attached hydrogens (tertiary/aromatic N) is 3. The smallest absolute Gasteiger partial charge is 0.334 e. The molecule has 0 saturated carbocycles. The summed E-state index contributed by atoms with van der Waals surface area (Å²) >= 11 is 0. The van der Waals surface area contributed by atoms with Crippen molar-refractivity contribution in [2.75, 3.05) is 19.7 Å². The monoisotopic (exact) mass is 311 g/mol. The summed E-state index contributed by atoms with van der Waals surface area (Å²) < 4.78 is 10.2. The summed E-state index contributed by atoms with van der Waals surface area (Å²) in [5.41, 5.74) is -0.204. The molecule has 1 aromatic heterocycles. The van der Waals surface area contributed by atoms with Crippen LogP contribution in [0.25, 0.3) is 0 Å². The largest absolute Gasteiger partial charge is 0.479 e. The van der Waals surface area contributed by atoms with Crippen LogP contribution in [-0.2, 0) is 26.2 Å². The van der Waals surface area contributed by atoms with E-state index in [2.05, 4.69) is 10.1 Å². The number of carbonyl (C=O) groups is 2. The van der Waals surface area contributed by atoms with Gasteiger partial charge in [-0.05, 0) is 0 Å². The van der Waals surface area contributed by atoms with Gasteiger partial charge in [-0.1, -0.05) is 25.9 Å². The van der Waals surface area contributed by atoms with Crippen LogP contribution in [0.2, 0.25) is 0 Å². The zero-order chi connectivity index (χ0) is 16.3. The molecule has 1 aliphatic rings. The minimum atomic E-state index is -1.05. The average molecular weight is 311 g/mol. The molecule has 2 rings (SSSR count). The number of carbonyl (C=O) groups excluding carboxylic acids is 1. The van der Waals surface area contributed by atoms with Gasteiger partial charge in [0.25, 0.3) is 0 Å². The maximum absolute atomic E-state index is 12.1. The van der Waals surface area contributed by atoms with E-state index in [4.69, 9.17) is 14.4 Å². The van der Waals surface area contributed by atoms with Gasteiger partial charge in [-0.25, -0.2) is 4.79 Å². The van der Waals surface area contributed by atoms with E-state index in [9.17, 15) is 9.59 Å². The minimum absolute atomic E-state index is 0.0746. The van der Waals surface area contributed by atoms with Crippen molar-refractivity contribution in [2.24, 2.45) is 0 Å². The molecule has 1 atom stereocenters. The first kappa shape index (κ1) is 16.4. The number of hydrogen-bond donors (Lipinski definition) is 1. The Bertz CT molecular complexity index is 549. The molecule has 0 radical (unpaired) electrons. The van der Waals surface area contributed by atoms with Crippen LogP contribution in [0.15, 0.2) is 4.52 Å². The van der Waals surface area contributed by atoms with Gasteiger partial charge in [0, 0.05) is 24.8 Å². The third kappa shape index (κ3) is 4.03. The first-order valence-corrected chi connectivity index (χ1v) is 7.22. The van der Waals surface area contributed by atoms with Crippen molar-refractivity contribution in [1.82, 2.24) is 15.0 Å². The summed E-state index contributed by atoms with van der Waals surface area (Å²) in [6.45, 7) is 6.65. The normalized spacial score (nSPS) is 19.2. The van der Waals surface area contributed by atoms with E-state index < -0.39 is 12.1 Å². The van der Waals surface area contributed by atoms with E-state index in [0.717, 1.165) is 0 Å². The minimum Gasteiger partial charge on any atom is -0.479 e. The van der Waals surface area contributed by atoms with Crippen molar-refractivity contribution in [3.8, 4) is 0 Å². The van der Waals surface area contributed by atoms with Gasteiger partial charge in [-0.15, -0.1) is 0 Å². The van der Waals surface area contributed by atoms with Crippen LogP contribution in [0.3, 0.4) is 0 Å². The summed E-state index contributed by atoms with van der Waals surface area (Å²) in [7, 11) is 0. The summed E-state index contributed by atoms with van der Waals surface area (Å²) in [6.07, 6.45) is -0.400. The molecule has 1 unspecified atom stereocenters. The number of carboxylic acid groups (broad SMARTS) is 1. The summed E-state index contributed by atoms with van der Waals surface area (Å²) in [4.78, 5) is 28.8. The van der Waals surface area contributed by atoms with Crippen LogP contribution in [-0.4, -0.2) is 57.8 Å². The van der Waals surface area contributed by atoms with Crippen LogP contribution >= 0.6 is 0 Å². The number of aromatic nitrogens is 2. The van der Waals surface area contributed by atoms with Gasteiger partial charge in [-0.2, -0.15) is 4.98 Å². The van der Waals surface area contributed by atoms with E-state index in [-0.39, 0.29) is 30.9 Å². The van der Waals surface area contributed by atoms with Gasteiger partial charge in [0.15, 0.2) is 11.9 Å². The third-order valence-electron chi connectivity index (χ3n) is 3.39. The number of morpholine rings is 1. The molecule has 1 N–H and O–H groups in total. The van der Waals surface area contributed by atoms with Crippen LogP contribution in [0, 0.1) is 0 Å². The lowest BCUT2D eigenvalue weighted by molar-refractivity contribution is -0.159. The highest BCUT2D eigenvalue weighted by Gasteiger charge is 2.29. The Balaban J connectivity index is 1.87. The van der Waals surface area contributed by atoms with Crippen molar-refractivity contribution in [3.05, 3.63) is 11.7 Å². The quantitative estimate of drug-likeness (QED) is 0.868. The molecule has 8 nitrogen and oxygen atoms in total. The predicted octanol–water partition coefficient (Wildman–Crippen LogP) is 0.612. The number of amides is 1. The maximum atomic E-state index is 12.1. The molecular formula is C14H21N3O5. The Labute approximate surface area is 128 Å². The molecule has 1 fully saturated rings. The molecule has 0 aromatic carbocycles. The summed E-state index contributed by atoms with van der Waals surface area (Å²) in [6, 6.07) is 0. The highest BCUT2D eigenvalue weighted by Crippen LogP contribution is 2.19. The Morgan fingerprint density at radius 2 is 2.14 bits per heavy atom. The van der Waals surface area contributed by atoms with Gasteiger partial charge >= 0.3 is 5.97 Å². The molecule has 22 heavy (non-hydrogen) atoms. The maximum Gasteiger partial charge on any atom is 0.334 e. The molecule has 1 aromatic rings. The summed E-state index contributed by atoms with van der Waals surface area (Å²) in [5, 5.41) is 12.8. The molecule has 1 saturated heterocycles. The zero-order valence-corrected chi connectivity index (χ0v) is 13.0. The van der Waals surface area contributed by atoms with E-state index in [1.165, 1.54) is 4.90 Å². The topological polar surface area (TPSA) is 106 Å². The second kappa shape index (κ2) is 6.43. The molecule has 1 aliphatic heterocycles. The van der Waals surface area contributed by atoms with Crippen molar-refractivity contribution < 1.29 is 24.0 Å². The number of ether oxygens (including phenoxy) is 1. The van der Waals surface area contributed by atoms with Crippen LogP contribution < -0.4 is 0 Å². The number of aliphatic carboxylic acids is 1. The van der Waals surface area contributed by atoms with Crippen molar-refractivity contribution in [1.29, 1.82) is 0 Å². The fraction of sp³-hybridized carbons (Fsp3) is 0.714. The van der Waals surface area contributed by atoms with Crippen LogP contribution in [0.4, 0.5) is 0 Å². The Hall–Kier alpha value is -1.96. The van der Waals surface area contributed by atoms with Crippen molar-refractivity contribution in [3.63, 3.8) is 0 Å². The molecule has 0 spiro atoms. The van der Waals surface area contributed by atoms with Gasteiger partial charge in [0.05, 0.1) is 13.2 Å². The first-order valence-electron chi connectivity index (χ1n) is 7.22. The molecule has 8 heteroatoms. The highest BCUT2D eigenvalue weighted by molar-refractivity contribution is 5.78. The number of rotatable bonds is 4. The zero-order valence-electron chi connectivity index (χ0n) is 13.0. The Kier molecular flexibility index (Phi) is 4.80. The molecular weight excluding hydrogens is 290 g/mol. The number of hydrogen-bond acceptors (Lipinski definition) is 6. The van der Waals surface area contributed by atoms with Crippen molar-refractivity contribution in [2.45, 2.75) is 45.1 Å². The molecule has 2 heterocycles. The SMILES string of the molecule is CC(C)(C)c1noc(CCC(=O)N2CCOC(C(=O)O)C2)n1. The lowest BCUT2D eigenvalue weighted by Crippen LogP contribution is -2.48. The highest BCUT2D eigenvalue weighted by atomic mass is 16.5. The molecule has 122 valence electrons. The van der Waals surface area contributed by atoms with E-state index in [1.54, 1.807) is 0 Å². The second-order valence-electron chi connectivity index (χ2n) is 6.30. The van der Waals surface area contributed by atoms with Gasteiger partial charge in [0.2, 0.25) is 11.8 Å². The predicted molar refractivity (Wildman–Crippen MR) is 75.3 cm³/mol. The molecule has 0 bridgehead atoms. The van der Waals surface area contributed by atoms with E-state index in [0.29, 0.717) is 24.7 Å². The molecule has 1 amide bonds. The standard InChI is InChI=1S/C14H21N3O5/c1-14(2,3)13-15-10(22-16-13)4-5-11(18)17-6-7-21-9(8-17)12(19)20/h9H,4-8H2,1-3H3,(H,19,20). The average Bonchev–Trinajstić information content (AvgIpc) is 2.94. The van der Waals surface area contributed by atoms with Gasteiger partial charge in [0.1, 0.15) is 0 Å². The van der Waals surface area contributed by atoms with Crippen LogP contribution in [0.5, 0.6) is 0 Å². The number of carboxylic acids is 1. The second-order valence-corrected chi connectivity index (χ2v) is 6.30. The Morgan fingerprint density at radius 1 is 1.41 bits per heavy atom.